The summed E-state index contributed by atoms with van der Waals surface area (Å²) >= 11 is 0. The van der Waals surface area contributed by atoms with Gasteiger partial charge in [-0.2, -0.15) is 0 Å². The van der Waals surface area contributed by atoms with Crippen LogP contribution in [0, 0.1) is 11.7 Å². The minimum absolute atomic E-state index is 0.0233. The zero-order chi connectivity index (χ0) is 23.2. The van der Waals surface area contributed by atoms with E-state index in [4.69, 9.17) is 4.52 Å². The Kier molecular flexibility index (Phi) is 4.90. The molecule has 1 aliphatic heterocycles. The highest BCUT2D eigenvalue weighted by Gasteiger charge is 2.44. The third-order valence-corrected chi connectivity index (χ3v) is 6.59. The van der Waals surface area contributed by atoms with Gasteiger partial charge in [-0.05, 0) is 54.8 Å². The van der Waals surface area contributed by atoms with Crippen LogP contribution in [0.25, 0.3) is 22.2 Å². The third-order valence-electron chi connectivity index (χ3n) is 6.59. The van der Waals surface area contributed by atoms with E-state index >= 15 is 0 Å². The Bertz CT molecular complexity index is 1380. The van der Waals surface area contributed by atoms with Crippen molar-refractivity contribution in [1.29, 1.82) is 0 Å². The van der Waals surface area contributed by atoms with E-state index in [0.29, 0.717) is 17.0 Å². The summed E-state index contributed by atoms with van der Waals surface area (Å²) in [5.74, 6) is -0.291. The van der Waals surface area contributed by atoms with Crippen molar-refractivity contribution in [3.8, 4) is 11.3 Å². The van der Waals surface area contributed by atoms with Gasteiger partial charge in [0.2, 0.25) is 11.8 Å². The second-order valence-corrected chi connectivity index (χ2v) is 8.93. The highest BCUT2D eigenvalue weighted by Crippen LogP contribution is 2.40. The number of rotatable bonds is 5. The Hall–Kier alpha value is -4.00. The third kappa shape index (κ3) is 3.63. The van der Waals surface area contributed by atoms with Crippen LogP contribution in [0.1, 0.15) is 30.9 Å². The lowest BCUT2D eigenvalue weighted by Gasteiger charge is -2.29. The number of hydrogen-bond donors (Lipinski definition) is 1. The van der Waals surface area contributed by atoms with Crippen LogP contribution in [-0.2, 0) is 9.59 Å². The monoisotopic (exact) mass is 455 g/mol. The molecular formula is C27H22FN3O3. The predicted molar refractivity (Wildman–Crippen MR) is 125 cm³/mol. The first-order valence-corrected chi connectivity index (χ1v) is 11.4. The average molecular weight is 455 g/mol. The minimum atomic E-state index is -0.326. The van der Waals surface area contributed by atoms with E-state index in [-0.39, 0.29) is 42.1 Å². The van der Waals surface area contributed by atoms with Gasteiger partial charge in [0.25, 0.3) is 0 Å². The molecule has 2 fully saturated rings. The zero-order valence-corrected chi connectivity index (χ0v) is 18.3. The highest BCUT2D eigenvalue weighted by atomic mass is 19.1. The fourth-order valence-electron chi connectivity index (χ4n) is 4.74. The number of aromatic nitrogens is 1. The predicted octanol–water partition coefficient (Wildman–Crippen LogP) is 5.01. The molecule has 2 atom stereocenters. The molecule has 0 bridgehead atoms. The average Bonchev–Trinajstić information content (AvgIpc) is 3.55. The first-order chi connectivity index (χ1) is 16.6. The topological polar surface area (TPSA) is 75.4 Å². The molecule has 2 aliphatic rings. The molecule has 2 heterocycles. The molecule has 0 unspecified atom stereocenters. The van der Waals surface area contributed by atoms with Gasteiger partial charge in [-0.1, -0.05) is 35.5 Å². The quantitative estimate of drug-likeness (QED) is 0.459. The van der Waals surface area contributed by atoms with E-state index < -0.39 is 0 Å². The molecule has 2 amide bonds. The maximum absolute atomic E-state index is 13.3. The second-order valence-electron chi connectivity index (χ2n) is 8.93. The number of carbonyl (C=O) groups is 2. The first-order valence-electron chi connectivity index (χ1n) is 11.4. The molecule has 6 rings (SSSR count). The lowest BCUT2D eigenvalue weighted by molar-refractivity contribution is -0.123. The molecular weight excluding hydrogens is 433 g/mol. The smallest absolute Gasteiger partial charge is 0.229 e. The van der Waals surface area contributed by atoms with Crippen molar-refractivity contribution in [1.82, 2.24) is 10.5 Å². The Morgan fingerprint density at radius 3 is 2.53 bits per heavy atom. The van der Waals surface area contributed by atoms with Gasteiger partial charge >= 0.3 is 0 Å². The molecule has 3 aromatic carbocycles. The van der Waals surface area contributed by atoms with E-state index in [0.717, 1.165) is 29.4 Å². The van der Waals surface area contributed by atoms with Crippen molar-refractivity contribution in [3.05, 3.63) is 84.2 Å². The molecule has 1 aromatic heterocycles. The van der Waals surface area contributed by atoms with Crippen molar-refractivity contribution < 1.29 is 18.5 Å². The molecule has 1 aliphatic carbocycles. The summed E-state index contributed by atoms with van der Waals surface area (Å²) in [6.07, 6.45) is 2.04. The lowest BCUT2D eigenvalue weighted by Crippen LogP contribution is -2.40. The van der Waals surface area contributed by atoms with Gasteiger partial charge in [-0.15, -0.1) is 0 Å². The number of fused-ring (bicyclic) bond motifs is 1. The van der Waals surface area contributed by atoms with E-state index in [9.17, 15) is 14.0 Å². The number of hydrogen-bond acceptors (Lipinski definition) is 4. The second kappa shape index (κ2) is 8.09. The van der Waals surface area contributed by atoms with Gasteiger partial charge < -0.3 is 14.7 Å². The van der Waals surface area contributed by atoms with Gasteiger partial charge in [0.05, 0.1) is 12.1 Å². The van der Waals surface area contributed by atoms with Gasteiger partial charge in [-0.25, -0.2) is 4.39 Å². The Morgan fingerprint density at radius 1 is 1.03 bits per heavy atom. The summed E-state index contributed by atoms with van der Waals surface area (Å²) in [6.45, 7) is 0. The molecule has 1 saturated heterocycles. The summed E-state index contributed by atoms with van der Waals surface area (Å²) in [5, 5.41) is 8.08. The highest BCUT2D eigenvalue weighted by molar-refractivity contribution is 6.01. The Morgan fingerprint density at radius 2 is 1.79 bits per heavy atom. The Labute approximate surface area is 195 Å². The lowest BCUT2D eigenvalue weighted by atomic mass is 9.99. The van der Waals surface area contributed by atoms with Crippen LogP contribution < -0.4 is 10.2 Å². The molecule has 1 N–H and O–H groups in total. The number of anilines is 1. The van der Waals surface area contributed by atoms with Crippen LogP contribution in [0.15, 0.2) is 77.3 Å². The zero-order valence-electron chi connectivity index (χ0n) is 18.3. The van der Waals surface area contributed by atoms with Gasteiger partial charge in [0, 0.05) is 35.0 Å². The van der Waals surface area contributed by atoms with Crippen molar-refractivity contribution in [2.24, 2.45) is 5.92 Å². The van der Waals surface area contributed by atoms with Crippen LogP contribution in [0.5, 0.6) is 0 Å². The summed E-state index contributed by atoms with van der Waals surface area (Å²) in [6, 6.07) is 20.7. The molecule has 6 nitrogen and oxygen atoms in total. The van der Waals surface area contributed by atoms with E-state index in [1.807, 2.05) is 42.5 Å². The van der Waals surface area contributed by atoms with E-state index in [1.54, 1.807) is 23.1 Å². The van der Waals surface area contributed by atoms with Crippen molar-refractivity contribution in [3.63, 3.8) is 0 Å². The molecule has 0 spiro atoms. The van der Waals surface area contributed by atoms with Crippen LogP contribution in [0.3, 0.4) is 0 Å². The van der Waals surface area contributed by atoms with Gasteiger partial charge in [-0.3, -0.25) is 9.59 Å². The normalized spacial score (nSPS) is 20.1. The molecule has 1 saturated carbocycles. The Balaban J connectivity index is 1.37. The van der Waals surface area contributed by atoms with Crippen LogP contribution >= 0.6 is 0 Å². The number of benzene rings is 3. The van der Waals surface area contributed by atoms with E-state index in [2.05, 4.69) is 10.5 Å². The molecule has 4 aromatic rings. The molecule has 7 heteroatoms. The summed E-state index contributed by atoms with van der Waals surface area (Å²) in [5.41, 5.74) is 3.52. The molecule has 34 heavy (non-hydrogen) atoms. The number of nitrogens with zero attached hydrogens (tertiary/aromatic N) is 2. The van der Waals surface area contributed by atoms with Crippen LogP contribution in [0.2, 0.25) is 0 Å². The van der Waals surface area contributed by atoms with Gasteiger partial charge in [0.1, 0.15) is 11.5 Å². The fraction of sp³-hybridized carbons (Fsp3) is 0.222. The maximum atomic E-state index is 13.3. The summed E-state index contributed by atoms with van der Waals surface area (Å²) in [7, 11) is 0. The SMILES string of the molecule is O=C(N[C@H]1CC(=O)N(c2ccc3c(-c4ccc(F)cc4)noc3c2)[C@@H]1c1ccccc1)C1CC1. The summed E-state index contributed by atoms with van der Waals surface area (Å²) in [4.78, 5) is 27.5. The van der Waals surface area contributed by atoms with Crippen molar-refractivity contribution >= 4 is 28.5 Å². The number of carbonyl (C=O) groups excluding carboxylic acids is 2. The maximum Gasteiger partial charge on any atom is 0.229 e. The van der Waals surface area contributed by atoms with Crippen molar-refractivity contribution in [2.75, 3.05) is 4.90 Å². The standard InChI is InChI=1S/C27H22FN3O3/c28-19-10-8-16(9-11-19)25-21-13-12-20(14-23(21)34-30-25)31-24(32)15-22(29-27(33)18-6-7-18)26(31)17-4-2-1-3-5-17/h1-5,8-14,18,22,26H,6-7,15H2,(H,29,33)/t22-,26+/m0/s1. The number of nitrogens with one attached hydrogen (secondary N) is 1. The minimum Gasteiger partial charge on any atom is -0.356 e. The number of halogens is 1. The molecule has 0 radical (unpaired) electrons. The fourth-order valence-corrected chi connectivity index (χ4v) is 4.74. The first kappa shape index (κ1) is 20.6. The van der Waals surface area contributed by atoms with E-state index in [1.165, 1.54) is 12.1 Å². The van der Waals surface area contributed by atoms with Crippen LogP contribution in [0.4, 0.5) is 10.1 Å². The van der Waals surface area contributed by atoms with Crippen LogP contribution in [-0.4, -0.2) is 23.0 Å². The van der Waals surface area contributed by atoms with Crippen molar-refractivity contribution in [2.45, 2.75) is 31.3 Å². The number of amides is 2. The van der Waals surface area contributed by atoms with Gasteiger partial charge in [0.15, 0.2) is 5.58 Å². The summed E-state index contributed by atoms with van der Waals surface area (Å²) < 4.78 is 18.9. The molecule has 170 valence electrons. The largest absolute Gasteiger partial charge is 0.356 e.